The van der Waals surface area contributed by atoms with Crippen LogP contribution >= 0.6 is 0 Å². The molecule has 0 radical (unpaired) electrons. The van der Waals surface area contributed by atoms with Crippen LogP contribution in [0.15, 0.2) is 42.5 Å². The molecule has 2 amide bonds. The van der Waals surface area contributed by atoms with E-state index in [2.05, 4.69) is 16.0 Å². The molecular formula is C29H34N4O5. The molecule has 0 spiro atoms. The standard InChI is InChI=1S/C29H34N4O5/c1-36-19-8-9-25(37-2)22(16-19)28-27-21(20-6-3-4-7-23(20)30-27)17-24-29(35)32(18-26(34)33(24)28)11-5-10-31-12-14-38-15-13-31/h3-4,6-9,16,24,28,30H,5,10-15,17-18H2,1-2H3/t24-,28?/m1/s1. The van der Waals surface area contributed by atoms with Crippen LogP contribution in [0.4, 0.5) is 0 Å². The normalized spacial score (nSPS) is 21.9. The van der Waals surface area contributed by atoms with Gasteiger partial charge >= 0.3 is 0 Å². The Labute approximate surface area is 222 Å². The number of fused-ring (bicyclic) bond motifs is 4. The molecule has 1 N–H and O–H groups in total. The lowest BCUT2D eigenvalue weighted by molar-refractivity contribution is -0.158. The van der Waals surface area contributed by atoms with Crippen LogP contribution in [0.2, 0.25) is 0 Å². The summed E-state index contributed by atoms with van der Waals surface area (Å²) in [6.45, 7) is 4.87. The van der Waals surface area contributed by atoms with Gasteiger partial charge in [0.05, 0.1) is 34.0 Å². The zero-order valence-corrected chi connectivity index (χ0v) is 21.9. The second kappa shape index (κ2) is 10.3. The summed E-state index contributed by atoms with van der Waals surface area (Å²) in [5.74, 6) is 1.27. The fourth-order valence-corrected chi connectivity index (χ4v) is 6.20. The van der Waals surface area contributed by atoms with Crippen LogP contribution in [0.5, 0.6) is 11.5 Å². The van der Waals surface area contributed by atoms with Crippen molar-refractivity contribution in [2.24, 2.45) is 0 Å². The number of H-pyrrole nitrogens is 1. The highest BCUT2D eigenvalue weighted by molar-refractivity contribution is 5.97. The van der Waals surface area contributed by atoms with Crippen LogP contribution in [0, 0.1) is 0 Å². The number of rotatable bonds is 7. The van der Waals surface area contributed by atoms with Gasteiger partial charge in [-0.15, -0.1) is 0 Å². The number of hydrogen-bond donors (Lipinski definition) is 1. The van der Waals surface area contributed by atoms with E-state index in [1.807, 2.05) is 36.4 Å². The van der Waals surface area contributed by atoms with Gasteiger partial charge in [-0.25, -0.2) is 0 Å². The average molecular weight is 519 g/mol. The Kier molecular flexibility index (Phi) is 6.71. The highest BCUT2D eigenvalue weighted by Gasteiger charge is 2.48. The lowest BCUT2D eigenvalue weighted by Crippen LogP contribution is -2.63. The fourth-order valence-electron chi connectivity index (χ4n) is 6.20. The number of carbonyl (C=O) groups is 2. The first-order valence-electron chi connectivity index (χ1n) is 13.3. The van der Waals surface area contributed by atoms with Gasteiger partial charge in [0, 0.05) is 54.8 Å². The molecule has 9 nitrogen and oxygen atoms in total. The summed E-state index contributed by atoms with van der Waals surface area (Å²) >= 11 is 0. The van der Waals surface area contributed by atoms with Crippen molar-refractivity contribution in [1.29, 1.82) is 0 Å². The quantitative estimate of drug-likeness (QED) is 0.518. The van der Waals surface area contributed by atoms with Crippen molar-refractivity contribution in [3.63, 3.8) is 0 Å². The van der Waals surface area contributed by atoms with Crippen LogP contribution in [-0.2, 0) is 20.7 Å². The van der Waals surface area contributed by atoms with Crippen LogP contribution in [-0.4, -0.2) is 97.7 Å². The summed E-state index contributed by atoms with van der Waals surface area (Å²) in [7, 11) is 3.24. The Hall–Kier alpha value is -3.56. The van der Waals surface area contributed by atoms with Crippen molar-refractivity contribution >= 4 is 22.7 Å². The van der Waals surface area contributed by atoms with Crippen molar-refractivity contribution < 1.29 is 23.8 Å². The maximum atomic E-state index is 13.9. The van der Waals surface area contributed by atoms with Crippen molar-refractivity contribution in [2.75, 3.05) is 60.2 Å². The average Bonchev–Trinajstić information content (AvgIpc) is 3.33. The van der Waals surface area contributed by atoms with Crippen LogP contribution in [0.25, 0.3) is 10.9 Å². The Morgan fingerprint density at radius 2 is 1.84 bits per heavy atom. The van der Waals surface area contributed by atoms with E-state index in [0.29, 0.717) is 24.5 Å². The Morgan fingerprint density at radius 3 is 2.63 bits per heavy atom. The third kappa shape index (κ3) is 4.29. The summed E-state index contributed by atoms with van der Waals surface area (Å²) in [5.41, 5.74) is 3.79. The SMILES string of the molecule is COc1ccc(OC)c(C2c3[nH]c4ccccc4c3C[C@@H]3C(=O)N(CCCN4CCOCC4)CC(=O)N23)c1. The van der Waals surface area contributed by atoms with E-state index in [0.717, 1.165) is 67.0 Å². The Bertz CT molecular complexity index is 1350. The first-order chi connectivity index (χ1) is 18.6. The van der Waals surface area contributed by atoms with Gasteiger partial charge in [0.15, 0.2) is 0 Å². The third-order valence-corrected chi connectivity index (χ3v) is 8.08. The lowest BCUT2D eigenvalue weighted by atomic mass is 9.85. The molecule has 9 heteroatoms. The van der Waals surface area contributed by atoms with Crippen molar-refractivity contribution in [2.45, 2.75) is 24.9 Å². The smallest absolute Gasteiger partial charge is 0.246 e. The van der Waals surface area contributed by atoms with Gasteiger partial charge in [-0.2, -0.15) is 0 Å². The molecule has 4 heterocycles. The molecule has 3 aliphatic rings. The number of methoxy groups -OCH3 is 2. The highest BCUT2D eigenvalue weighted by Crippen LogP contribution is 2.45. The molecule has 2 fully saturated rings. The van der Waals surface area contributed by atoms with Crippen molar-refractivity contribution in [3.8, 4) is 11.5 Å². The number of carbonyl (C=O) groups excluding carboxylic acids is 2. The molecule has 0 aliphatic carbocycles. The maximum absolute atomic E-state index is 13.9. The predicted octanol–water partition coefficient (Wildman–Crippen LogP) is 2.59. The van der Waals surface area contributed by atoms with Crippen LogP contribution in [0.1, 0.15) is 29.3 Å². The second-order valence-electron chi connectivity index (χ2n) is 10.2. The third-order valence-electron chi connectivity index (χ3n) is 8.08. The van der Waals surface area contributed by atoms with Gasteiger partial charge < -0.3 is 29.0 Å². The molecule has 3 aliphatic heterocycles. The number of morpholine rings is 1. The number of aromatic nitrogens is 1. The van der Waals surface area contributed by atoms with Gasteiger partial charge in [-0.05, 0) is 36.2 Å². The van der Waals surface area contributed by atoms with Gasteiger partial charge in [0.2, 0.25) is 11.8 Å². The van der Waals surface area contributed by atoms with E-state index < -0.39 is 12.1 Å². The van der Waals surface area contributed by atoms with Gasteiger partial charge in [0.1, 0.15) is 23.6 Å². The minimum absolute atomic E-state index is 0.00868. The molecule has 2 saturated heterocycles. The molecular weight excluding hydrogens is 484 g/mol. The number of para-hydroxylation sites is 1. The number of nitrogens with one attached hydrogen (secondary N) is 1. The van der Waals surface area contributed by atoms with Crippen LogP contribution < -0.4 is 9.47 Å². The van der Waals surface area contributed by atoms with E-state index >= 15 is 0 Å². The van der Waals surface area contributed by atoms with Crippen molar-refractivity contribution in [1.82, 2.24) is 19.7 Å². The maximum Gasteiger partial charge on any atom is 0.246 e. The fraction of sp³-hybridized carbons (Fsp3) is 0.448. The molecule has 0 saturated carbocycles. The van der Waals surface area contributed by atoms with E-state index in [4.69, 9.17) is 14.2 Å². The lowest BCUT2D eigenvalue weighted by Gasteiger charge is -2.47. The highest BCUT2D eigenvalue weighted by atomic mass is 16.5. The van der Waals surface area contributed by atoms with E-state index in [1.54, 1.807) is 24.0 Å². The summed E-state index contributed by atoms with van der Waals surface area (Å²) in [6.07, 6.45) is 1.31. The molecule has 200 valence electrons. The van der Waals surface area contributed by atoms with Gasteiger partial charge in [0.25, 0.3) is 0 Å². The number of benzene rings is 2. The summed E-state index contributed by atoms with van der Waals surface area (Å²) in [5, 5.41) is 1.08. The minimum atomic E-state index is -0.577. The molecule has 6 rings (SSSR count). The minimum Gasteiger partial charge on any atom is -0.497 e. The Morgan fingerprint density at radius 1 is 1.03 bits per heavy atom. The zero-order chi connectivity index (χ0) is 26.2. The van der Waals surface area contributed by atoms with Gasteiger partial charge in [-0.1, -0.05) is 18.2 Å². The molecule has 38 heavy (non-hydrogen) atoms. The summed E-state index contributed by atoms with van der Waals surface area (Å²) in [4.78, 5) is 37.2. The van der Waals surface area contributed by atoms with E-state index in [1.165, 1.54) is 0 Å². The largest absolute Gasteiger partial charge is 0.497 e. The number of nitrogens with zero attached hydrogens (tertiary/aromatic N) is 3. The number of ether oxygens (including phenoxy) is 3. The zero-order valence-electron chi connectivity index (χ0n) is 21.9. The van der Waals surface area contributed by atoms with Gasteiger partial charge in [-0.3, -0.25) is 14.5 Å². The Balaban J connectivity index is 1.36. The van der Waals surface area contributed by atoms with E-state index in [9.17, 15) is 9.59 Å². The molecule has 1 aromatic heterocycles. The molecule has 3 aromatic rings. The summed E-state index contributed by atoms with van der Waals surface area (Å²) < 4.78 is 16.7. The topological polar surface area (TPSA) is 87.3 Å². The number of hydrogen-bond acceptors (Lipinski definition) is 6. The number of piperazine rings is 1. The summed E-state index contributed by atoms with van der Waals surface area (Å²) in [6, 6.07) is 12.7. The monoisotopic (exact) mass is 518 g/mol. The number of aromatic amines is 1. The van der Waals surface area contributed by atoms with Crippen molar-refractivity contribution in [3.05, 3.63) is 59.3 Å². The second-order valence-corrected chi connectivity index (χ2v) is 10.2. The molecule has 2 aromatic carbocycles. The molecule has 2 atom stereocenters. The first-order valence-corrected chi connectivity index (χ1v) is 13.3. The molecule has 0 bridgehead atoms. The first kappa shape index (κ1) is 24.8. The molecule has 1 unspecified atom stereocenters. The number of amides is 2. The van der Waals surface area contributed by atoms with E-state index in [-0.39, 0.29) is 18.4 Å². The predicted molar refractivity (Wildman–Crippen MR) is 142 cm³/mol. The van der Waals surface area contributed by atoms with Crippen LogP contribution in [0.3, 0.4) is 0 Å².